The number of carbonyl (C=O) groups excluding carboxylic acids is 1. The van der Waals surface area contributed by atoms with Gasteiger partial charge in [0.25, 0.3) is 5.91 Å². The lowest BCUT2D eigenvalue weighted by Gasteiger charge is -2.13. The predicted octanol–water partition coefficient (Wildman–Crippen LogP) is 3.98. The second kappa shape index (κ2) is 7.18. The third-order valence-corrected chi connectivity index (χ3v) is 3.61. The first-order valence-corrected chi connectivity index (χ1v) is 7.21. The van der Waals surface area contributed by atoms with Crippen molar-refractivity contribution in [1.82, 2.24) is 0 Å². The Balaban J connectivity index is 2.03. The normalized spacial score (nSPS) is 10.2. The van der Waals surface area contributed by atoms with Crippen LogP contribution >= 0.6 is 11.6 Å². The van der Waals surface area contributed by atoms with Gasteiger partial charge in [-0.1, -0.05) is 29.8 Å². The average molecular weight is 320 g/mol. The Bertz CT molecular complexity index is 686. The SMILES string of the molecule is COc1cc(Cl)c(C)cc1NC(=O)COc1ccccc1C. The summed E-state index contributed by atoms with van der Waals surface area (Å²) in [6, 6.07) is 11.0. The summed E-state index contributed by atoms with van der Waals surface area (Å²) in [5.74, 6) is 0.944. The molecule has 0 aromatic heterocycles. The second-order valence-electron chi connectivity index (χ2n) is 4.90. The van der Waals surface area contributed by atoms with E-state index in [2.05, 4.69) is 5.32 Å². The van der Waals surface area contributed by atoms with Crippen LogP contribution < -0.4 is 14.8 Å². The molecular weight excluding hydrogens is 302 g/mol. The molecule has 0 saturated heterocycles. The highest BCUT2D eigenvalue weighted by Gasteiger charge is 2.11. The summed E-state index contributed by atoms with van der Waals surface area (Å²) in [5.41, 5.74) is 2.41. The van der Waals surface area contributed by atoms with Gasteiger partial charge in [0, 0.05) is 11.1 Å². The first-order chi connectivity index (χ1) is 10.5. The molecule has 4 nitrogen and oxygen atoms in total. The lowest BCUT2D eigenvalue weighted by Crippen LogP contribution is -2.20. The lowest BCUT2D eigenvalue weighted by atomic mass is 10.2. The maximum atomic E-state index is 12.0. The Labute approximate surface area is 135 Å². The number of anilines is 1. The van der Waals surface area contributed by atoms with Crippen molar-refractivity contribution in [3.05, 3.63) is 52.5 Å². The van der Waals surface area contributed by atoms with Gasteiger partial charge in [-0.15, -0.1) is 0 Å². The van der Waals surface area contributed by atoms with Crippen LogP contribution in [0.4, 0.5) is 5.69 Å². The Morgan fingerprint density at radius 1 is 1.14 bits per heavy atom. The highest BCUT2D eigenvalue weighted by molar-refractivity contribution is 6.31. The summed E-state index contributed by atoms with van der Waals surface area (Å²) < 4.78 is 10.7. The molecule has 2 rings (SSSR count). The first kappa shape index (κ1) is 16.2. The molecule has 0 aliphatic heterocycles. The Kier molecular flexibility index (Phi) is 5.28. The van der Waals surface area contributed by atoms with E-state index in [1.807, 2.05) is 38.1 Å². The van der Waals surface area contributed by atoms with E-state index in [-0.39, 0.29) is 12.5 Å². The van der Waals surface area contributed by atoms with Crippen LogP contribution in [0.5, 0.6) is 11.5 Å². The van der Waals surface area contributed by atoms with Gasteiger partial charge in [0.1, 0.15) is 11.5 Å². The third-order valence-electron chi connectivity index (χ3n) is 3.21. The van der Waals surface area contributed by atoms with E-state index in [1.54, 1.807) is 12.1 Å². The summed E-state index contributed by atoms with van der Waals surface area (Å²) in [6.45, 7) is 3.72. The molecule has 0 aliphatic carbocycles. The number of ether oxygens (including phenoxy) is 2. The molecule has 0 atom stereocenters. The van der Waals surface area contributed by atoms with E-state index in [9.17, 15) is 4.79 Å². The minimum Gasteiger partial charge on any atom is -0.495 e. The first-order valence-electron chi connectivity index (χ1n) is 6.83. The fourth-order valence-electron chi connectivity index (χ4n) is 1.98. The van der Waals surface area contributed by atoms with Crippen molar-refractivity contribution in [3.8, 4) is 11.5 Å². The van der Waals surface area contributed by atoms with Crippen LogP contribution in [-0.2, 0) is 4.79 Å². The third kappa shape index (κ3) is 3.92. The van der Waals surface area contributed by atoms with Gasteiger partial charge in [-0.3, -0.25) is 4.79 Å². The number of amides is 1. The molecule has 0 spiro atoms. The minimum atomic E-state index is -0.261. The summed E-state index contributed by atoms with van der Waals surface area (Å²) in [6.07, 6.45) is 0. The maximum absolute atomic E-state index is 12.0. The molecule has 0 saturated carbocycles. The molecule has 0 radical (unpaired) electrons. The predicted molar refractivity (Wildman–Crippen MR) is 88.0 cm³/mol. The van der Waals surface area contributed by atoms with Crippen molar-refractivity contribution >= 4 is 23.2 Å². The van der Waals surface area contributed by atoms with Crippen LogP contribution in [-0.4, -0.2) is 19.6 Å². The van der Waals surface area contributed by atoms with E-state index in [0.29, 0.717) is 22.2 Å². The van der Waals surface area contributed by atoms with E-state index < -0.39 is 0 Å². The number of halogens is 1. The van der Waals surface area contributed by atoms with E-state index in [0.717, 1.165) is 11.1 Å². The number of para-hydroxylation sites is 1. The van der Waals surface area contributed by atoms with Crippen molar-refractivity contribution in [2.75, 3.05) is 19.0 Å². The van der Waals surface area contributed by atoms with Gasteiger partial charge >= 0.3 is 0 Å². The monoisotopic (exact) mass is 319 g/mol. The highest BCUT2D eigenvalue weighted by Crippen LogP contribution is 2.30. The molecular formula is C17H18ClNO3. The number of nitrogens with one attached hydrogen (secondary N) is 1. The summed E-state index contributed by atoms with van der Waals surface area (Å²) in [4.78, 5) is 12.0. The summed E-state index contributed by atoms with van der Waals surface area (Å²) in [7, 11) is 1.53. The number of methoxy groups -OCH3 is 1. The minimum absolute atomic E-state index is 0.0737. The zero-order valence-electron chi connectivity index (χ0n) is 12.8. The number of rotatable bonds is 5. The van der Waals surface area contributed by atoms with Gasteiger partial charge in [-0.05, 0) is 37.1 Å². The number of hydrogen-bond donors (Lipinski definition) is 1. The second-order valence-corrected chi connectivity index (χ2v) is 5.31. The lowest BCUT2D eigenvalue weighted by molar-refractivity contribution is -0.118. The Morgan fingerprint density at radius 3 is 2.55 bits per heavy atom. The summed E-state index contributed by atoms with van der Waals surface area (Å²) >= 11 is 6.04. The van der Waals surface area contributed by atoms with Crippen molar-refractivity contribution in [2.24, 2.45) is 0 Å². The van der Waals surface area contributed by atoms with Crippen LogP contribution in [0, 0.1) is 13.8 Å². The maximum Gasteiger partial charge on any atom is 0.262 e. The molecule has 1 amide bonds. The Hall–Kier alpha value is -2.20. The average Bonchev–Trinajstić information content (AvgIpc) is 2.50. The van der Waals surface area contributed by atoms with Gasteiger partial charge in [0.05, 0.1) is 12.8 Å². The Morgan fingerprint density at radius 2 is 1.86 bits per heavy atom. The zero-order chi connectivity index (χ0) is 16.1. The van der Waals surface area contributed by atoms with E-state index >= 15 is 0 Å². The molecule has 0 bridgehead atoms. The molecule has 0 heterocycles. The van der Waals surface area contributed by atoms with Crippen molar-refractivity contribution in [1.29, 1.82) is 0 Å². The zero-order valence-corrected chi connectivity index (χ0v) is 13.5. The van der Waals surface area contributed by atoms with Crippen LogP contribution in [0.2, 0.25) is 5.02 Å². The number of benzene rings is 2. The molecule has 2 aromatic rings. The largest absolute Gasteiger partial charge is 0.495 e. The van der Waals surface area contributed by atoms with Crippen molar-refractivity contribution in [2.45, 2.75) is 13.8 Å². The highest BCUT2D eigenvalue weighted by atomic mass is 35.5. The standard InChI is InChI=1S/C17H18ClNO3/c1-11-6-4-5-7-15(11)22-10-17(20)19-14-8-12(2)13(18)9-16(14)21-3/h4-9H,10H2,1-3H3,(H,19,20). The van der Waals surface area contributed by atoms with E-state index in [1.165, 1.54) is 7.11 Å². The molecule has 0 unspecified atom stereocenters. The number of carbonyl (C=O) groups is 1. The smallest absolute Gasteiger partial charge is 0.262 e. The van der Waals surface area contributed by atoms with Crippen molar-refractivity contribution < 1.29 is 14.3 Å². The van der Waals surface area contributed by atoms with E-state index in [4.69, 9.17) is 21.1 Å². The van der Waals surface area contributed by atoms with Gasteiger partial charge in [0.15, 0.2) is 6.61 Å². The molecule has 116 valence electrons. The molecule has 2 aromatic carbocycles. The number of aryl methyl sites for hydroxylation is 2. The van der Waals surface area contributed by atoms with Crippen molar-refractivity contribution in [3.63, 3.8) is 0 Å². The summed E-state index contributed by atoms with van der Waals surface area (Å²) in [5, 5.41) is 3.36. The number of hydrogen-bond acceptors (Lipinski definition) is 3. The van der Waals surface area contributed by atoms with Gasteiger partial charge in [-0.2, -0.15) is 0 Å². The van der Waals surface area contributed by atoms with Crippen LogP contribution in [0.1, 0.15) is 11.1 Å². The molecule has 5 heteroatoms. The van der Waals surface area contributed by atoms with Crippen LogP contribution in [0.25, 0.3) is 0 Å². The topological polar surface area (TPSA) is 47.6 Å². The van der Waals surface area contributed by atoms with Gasteiger partial charge in [-0.25, -0.2) is 0 Å². The van der Waals surface area contributed by atoms with Gasteiger partial charge in [0.2, 0.25) is 0 Å². The molecule has 1 N–H and O–H groups in total. The molecule has 0 fully saturated rings. The van der Waals surface area contributed by atoms with Crippen LogP contribution in [0.3, 0.4) is 0 Å². The molecule has 22 heavy (non-hydrogen) atoms. The van der Waals surface area contributed by atoms with Gasteiger partial charge < -0.3 is 14.8 Å². The quantitative estimate of drug-likeness (QED) is 0.906. The molecule has 0 aliphatic rings. The fourth-order valence-corrected chi connectivity index (χ4v) is 2.13. The van der Waals surface area contributed by atoms with Crippen LogP contribution in [0.15, 0.2) is 36.4 Å². The fraction of sp³-hybridized carbons (Fsp3) is 0.235.